The summed E-state index contributed by atoms with van der Waals surface area (Å²) >= 11 is 0. The van der Waals surface area contributed by atoms with Crippen molar-refractivity contribution in [1.82, 2.24) is 24.1 Å². The number of imidazole rings is 1. The number of ether oxygens (including phenoxy) is 1. The molecule has 4 aromatic rings. The van der Waals surface area contributed by atoms with E-state index in [1.807, 2.05) is 46.0 Å². The van der Waals surface area contributed by atoms with Gasteiger partial charge in [-0.3, -0.25) is 4.79 Å². The third-order valence-corrected chi connectivity index (χ3v) is 6.37. The molecule has 11 heteroatoms. The zero-order chi connectivity index (χ0) is 27.9. The number of carbonyl (C=O) groups excluding carboxylic acids is 2. The smallest absolute Gasteiger partial charge is 0.410 e. The molecule has 204 valence electrons. The number of nitrogens with one attached hydrogen (secondary N) is 1. The predicted octanol–water partition coefficient (Wildman–Crippen LogP) is 4.93. The van der Waals surface area contributed by atoms with Crippen LogP contribution < -0.4 is 10.2 Å². The number of piperazine rings is 1. The maximum Gasteiger partial charge on any atom is 0.410 e. The van der Waals surface area contributed by atoms with E-state index < -0.39 is 17.3 Å². The Morgan fingerprint density at radius 3 is 2.54 bits per heavy atom. The van der Waals surface area contributed by atoms with E-state index in [9.17, 15) is 14.0 Å². The van der Waals surface area contributed by atoms with E-state index in [-0.39, 0.29) is 11.7 Å². The van der Waals surface area contributed by atoms with Crippen LogP contribution >= 0.6 is 0 Å². The first-order valence-electron chi connectivity index (χ1n) is 12.9. The normalized spacial score (nSPS) is 14.5. The van der Waals surface area contributed by atoms with Gasteiger partial charge in [-0.2, -0.15) is 5.10 Å². The van der Waals surface area contributed by atoms with Crippen molar-refractivity contribution in [2.45, 2.75) is 40.2 Å². The van der Waals surface area contributed by atoms with Gasteiger partial charge in [0, 0.05) is 68.1 Å². The number of aromatic nitrogens is 4. The maximum absolute atomic E-state index is 14.6. The first-order chi connectivity index (χ1) is 18.5. The van der Waals surface area contributed by atoms with Crippen molar-refractivity contribution in [3.05, 3.63) is 59.9 Å². The fraction of sp³-hybridized carbons (Fsp3) is 0.357. The number of hydrogen-bond donors (Lipinski definition) is 1. The summed E-state index contributed by atoms with van der Waals surface area (Å²) in [6.07, 6.45) is 8.54. The van der Waals surface area contributed by atoms with Crippen LogP contribution in [-0.4, -0.2) is 67.8 Å². The van der Waals surface area contributed by atoms with E-state index in [1.54, 1.807) is 45.6 Å². The summed E-state index contributed by atoms with van der Waals surface area (Å²) in [5, 5.41) is 8.25. The Labute approximate surface area is 225 Å². The molecule has 0 bridgehead atoms. The number of hydrogen-bond acceptors (Lipinski definition) is 6. The van der Waals surface area contributed by atoms with Gasteiger partial charge in [-0.15, -0.1) is 0 Å². The predicted molar refractivity (Wildman–Crippen MR) is 149 cm³/mol. The number of pyridine rings is 1. The van der Waals surface area contributed by atoms with Gasteiger partial charge in [0.25, 0.3) is 5.91 Å². The Morgan fingerprint density at radius 1 is 1.10 bits per heavy atom. The lowest BCUT2D eigenvalue weighted by Crippen LogP contribution is -2.50. The Hall–Kier alpha value is -4.41. The van der Waals surface area contributed by atoms with Crippen LogP contribution in [0.1, 0.15) is 43.7 Å². The van der Waals surface area contributed by atoms with Gasteiger partial charge in [-0.25, -0.2) is 18.9 Å². The number of nitrogens with zero attached hydrogens (tertiary/aromatic N) is 6. The molecule has 0 unspecified atom stereocenters. The molecule has 0 spiro atoms. The van der Waals surface area contributed by atoms with Crippen molar-refractivity contribution in [2.24, 2.45) is 0 Å². The van der Waals surface area contributed by atoms with E-state index in [4.69, 9.17) is 4.74 Å². The lowest BCUT2D eigenvalue weighted by Gasteiger charge is -2.37. The highest BCUT2D eigenvalue weighted by atomic mass is 19.1. The number of amides is 2. The van der Waals surface area contributed by atoms with Gasteiger partial charge in [0.2, 0.25) is 0 Å². The maximum atomic E-state index is 14.6. The Kier molecular flexibility index (Phi) is 6.75. The van der Waals surface area contributed by atoms with Crippen LogP contribution in [-0.2, 0) is 4.74 Å². The number of anilines is 2. The fourth-order valence-electron chi connectivity index (χ4n) is 4.70. The highest BCUT2D eigenvalue weighted by molar-refractivity contribution is 6.14. The van der Waals surface area contributed by atoms with E-state index in [0.29, 0.717) is 48.6 Å². The number of fused-ring (bicyclic) bond motifs is 2. The summed E-state index contributed by atoms with van der Waals surface area (Å²) in [6.45, 7) is 11.5. The highest BCUT2D eigenvalue weighted by Gasteiger charge is 2.27. The second kappa shape index (κ2) is 10.0. The minimum Gasteiger partial charge on any atom is -0.444 e. The van der Waals surface area contributed by atoms with Gasteiger partial charge >= 0.3 is 6.09 Å². The van der Waals surface area contributed by atoms with Crippen molar-refractivity contribution in [1.29, 1.82) is 0 Å². The largest absolute Gasteiger partial charge is 0.444 e. The standard InChI is InChI=1S/C28H32FN7O3/c1-6-9-36-17-21-23(33-10-12-34(13-11-33)27(38)39-28(3,4)5)8-7-20(24(21)32-36)26(37)31-19-14-22(29)25-30-18(2)15-35(25)16-19/h6-9,14-17H,10-13H2,1-5H3,(H,31,37)/b9-6+. The molecule has 0 aliphatic carbocycles. The van der Waals surface area contributed by atoms with Crippen LogP contribution in [0.15, 0.2) is 42.9 Å². The molecule has 0 atom stereocenters. The zero-order valence-corrected chi connectivity index (χ0v) is 22.7. The number of allylic oxidation sites excluding steroid dienone is 1. The third kappa shape index (κ3) is 5.43. The van der Waals surface area contributed by atoms with E-state index in [2.05, 4.69) is 20.3 Å². The summed E-state index contributed by atoms with van der Waals surface area (Å²) in [5.74, 6) is -0.924. The monoisotopic (exact) mass is 533 g/mol. The van der Waals surface area contributed by atoms with Crippen LogP contribution in [0.5, 0.6) is 0 Å². The van der Waals surface area contributed by atoms with E-state index >= 15 is 0 Å². The molecule has 39 heavy (non-hydrogen) atoms. The summed E-state index contributed by atoms with van der Waals surface area (Å²) in [6, 6.07) is 4.88. The molecule has 4 heterocycles. The Morgan fingerprint density at radius 2 is 1.85 bits per heavy atom. The van der Waals surface area contributed by atoms with Crippen molar-refractivity contribution in [3.63, 3.8) is 0 Å². The number of rotatable bonds is 4. The average Bonchev–Trinajstić information content (AvgIpc) is 3.45. The molecule has 1 aromatic carbocycles. The van der Waals surface area contributed by atoms with Crippen LogP contribution in [0.3, 0.4) is 0 Å². The molecule has 0 radical (unpaired) electrons. The van der Waals surface area contributed by atoms with Crippen molar-refractivity contribution < 1.29 is 18.7 Å². The zero-order valence-electron chi connectivity index (χ0n) is 22.7. The average molecular weight is 534 g/mol. The van der Waals surface area contributed by atoms with Crippen LogP contribution in [0.2, 0.25) is 0 Å². The van der Waals surface area contributed by atoms with Gasteiger partial charge < -0.3 is 24.3 Å². The molecule has 1 fully saturated rings. The van der Waals surface area contributed by atoms with Crippen LogP contribution in [0.25, 0.3) is 22.8 Å². The molecule has 2 amide bonds. The first-order valence-corrected chi connectivity index (χ1v) is 12.9. The van der Waals surface area contributed by atoms with Crippen molar-refractivity contribution >= 4 is 46.1 Å². The topological polar surface area (TPSA) is 97.0 Å². The molecular weight excluding hydrogens is 501 g/mol. The van der Waals surface area contributed by atoms with E-state index in [1.165, 1.54) is 6.07 Å². The SMILES string of the molecule is C/C=C/n1cc2c(N3CCN(C(=O)OC(C)(C)C)CC3)ccc(C(=O)Nc3cc(F)c4nc(C)cn4c3)c2n1. The lowest BCUT2D eigenvalue weighted by atomic mass is 10.1. The van der Waals surface area contributed by atoms with Gasteiger partial charge in [-0.05, 0) is 46.8 Å². The minimum atomic E-state index is -0.548. The molecule has 0 saturated carbocycles. The quantitative estimate of drug-likeness (QED) is 0.400. The lowest BCUT2D eigenvalue weighted by molar-refractivity contribution is 0.0240. The van der Waals surface area contributed by atoms with Gasteiger partial charge in [0.05, 0.1) is 16.9 Å². The molecule has 1 aliphatic rings. The minimum absolute atomic E-state index is 0.203. The Balaban J connectivity index is 1.41. The number of benzene rings is 1. The summed E-state index contributed by atoms with van der Waals surface area (Å²) < 4.78 is 23.3. The highest BCUT2D eigenvalue weighted by Crippen LogP contribution is 2.31. The summed E-state index contributed by atoms with van der Waals surface area (Å²) in [4.78, 5) is 33.9. The van der Waals surface area contributed by atoms with Crippen molar-refractivity contribution in [3.8, 4) is 0 Å². The van der Waals surface area contributed by atoms with Crippen LogP contribution in [0, 0.1) is 12.7 Å². The molecule has 5 rings (SSSR count). The number of carbonyl (C=O) groups is 2. The third-order valence-electron chi connectivity index (χ3n) is 6.37. The number of aryl methyl sites for hydroxylation is 1. The molecule has 1 aliphatic heterocycles. The fourth-order valence-corrected chi connectivity index (χ4v) is 4.70. The van der Waals surface area contributed by atoms with Gasteiger partial charge in [-0.1, -0.05) is 6.08 Å². The molecule has 1 N–H and O–H groups in total. The van der Waals surface area contributed by atoms with Crippen LogP contribution in [0.4, 0.5) is 20.6 Å². The molecule has 10 nitrogen and oxygen atoms in total. The summed E-state index contributed by atoms with van der Waals surface area (Å²) in [7, 11) is 0. The summed E-state index contributed by atoms with van der Waals surface area (Å²) in [5.41, 5.74) is 2.45. The number of halogens is 1. The second-order valence-electron chi connectivity index (χ2n) is 10.6. The van der Waals surface area contributed by atoms with Crippen molar-refractivity contribution in [2.75, 3.05) is 36.4 Å². The van der Waals surface area contributed by atoms with E-state index in [0.717, 1.165) is 11.1 Å². The molecule has 1 saturated heterocycles. The van der Waals surface area contributed by atoms with Gasteiger partial charge in [0.15, 0.2) is 11.5 Å². The Bertz CT molecular complexity index is 1590. The first kappa shape index (κ1) is 26.2. The second-order valence-corrected chi connectivity index (χ2v) is 10.6. The molecular formula is C28H32FN7O3. The van der Waals surface area contributed by atoms with Gasteiger partial charge in [0.1, 0.15) is 11.1 Å². The molecule has 3 aromatic heterocycles.